The van der Waals surface area contributed by atoms with Crippen molar-refractivity contribution in [2.45, 2.75) is 0 Å². The van der Waals surface area contributed by atoms with Crippen LogP contribution >= 0.6 is 0 Å². The van der Waals surface area contributed by atoms with Crippen LogP contribution < -0.4 is 0 Å². The van der Waals surface area contributed by atoms with E-state index in [4.69, 9.17) is 0 Å². The summed E-state index contributed by atoms with van der Waals surface area (Å²) in [6.45, 7) is 0. The van der Waals surface area contributed by atoms with Gasteiger partial charge in [-0.25, -0.2) is 9.59 Å². The molecule has 0 unspecified atom stereocenters. The molecule has 0 aliphatic carbocycles. The van der Waals surface area contributed by atoms with Crippen molar-refractivity contribution in [3.63, 3.8) is 0 Å². The number of para-hydroxylation sites is 2. The number of benzene rings is 3. The summed E-state index contributed by atoms with van der Waals surface area (Å²) in [5, 5.41) is 20.6. The average Bonchev–Trinajstić information content (AvgIpc) is 2.99. The molecule has 3 aromatic carbocycles. The Kier molecular flexibility index (Phi) is 3.28. The van der Waals surface area contributed by atoms with Crippen molar-refractivity contribution < 1.29 is 19.8 Å². The Morgan fingerprint density at radius 3 is 2.24 bits per heavy atom. The second-order valence-electron chi connectivity index (χ2n) is 5.77. The molecule has 0 fully saturated rings. The fraction of sp³-hybridized carbons (Fsp3) is 0. The molecule has 0 amide bonds. The van der Waals surface area contributed by atoms with E-state index in [1.807, 2.05) is 42.5 Å². The van der Waals surface area contributed by atoms with Crippen molar-refractivity contribution in [1.82, 2.24) is 4.98 Å². The van der Waals surface area contributed by atoms with Crippen LogP contribution in [0, 0.1) is 0 Å². The summed E-state index contributed by atoms with van der Waals surface area (Å²) in [6, 6.07) is 18.1. The maximum absolute atomic E-state index is 11.4. The number of carboxylic acid groups (broad SMARTS) is 2. The zero-order chi connectivity index (χ0) is 17.6. The number of hydrogen-bond donors (Lipinski definition) is 3. The monoisotopic (exact) mass is 331 g/mol. The van der Waals surface area contributed by atoms with Gasteiger partial charge >= 0.3 is 11.9 Å². The largest absolute Gasteiger partial charge is 0.478 e. The molecule has 3 N–H and O–H groups in total. The minimum atomic E-state index is -1.26. The first-order valence-corrected chi connectivity index (χ1v) is 7.66. The number of carbonyl (C=O) groups is 2. The molecule has 5 heteroatoms. The lowest BCUT2D eigenvalue weighted by molar-refractivity contribution is 0.0651. The molecule has 0 aliphatic heterocycles. The highest BCUT2D eigenvalue weighted by atomic mass is 16.4. The first-order chi connectivity index (χ1) is 12.1. The van der Waals surface area contributed by atoms with E-state index in [1.165, 1.54) is 12.1 Å². The Labute approximate surface area is 142 Å². The third-order valence-electron chi connectivity index (χ3n) is 4.33. The summed E-state index contributed by atoms with van der Waals surface area (Å²) in [5.41, 5.74) is 2.92. The number of aromatic amines is 1. The van der Waals surface area contributed by atoms with Crippen molar-refractivity contribution in [3.8, 4) is 11.1 Å². The van der Waals surface area contributed by atoms with E-state index in [9.17, 15) is 19.8 Å². The van der Waals surface area contributed by atoms with Crippen molar-refractivity contribution >= 4 is 33.7 Å². The number of hydrogen-bond acceptors (Lipinski definition) is 2. The van der Waals surface area contributed by atoms with Crippen LogP contribution in [0.15, 0.2) is 60.7 Å². The zero-order valence-corrected chi connectivity index (χ0v) is 13.0. The first kappa shape index (κ1) is 15.0. The van der Waals surface area contributed by atoms with Crippen LogP contribution in [0.2, 0.25) is 0 Å². The van der Waals surface area contributed by atoms with Crippen LogP contribution in [0.1, 0.15) is 20.7 Å². The van der Waals surface area contributed by atoms with Crippen LogP contribution in [0.5, 0.6) is 0 Å². The van der Waals surface area contributed by atoms with Gasteiger partial charge in [-0.15, -0.1) is 0 Å². The van der Waals surface area contributed by atoms with Gasteiger partial charge in [-0.05, 0) is 23.8 Å². The topological polar surface area (TPSA) is 90.4 Å². The van der Waals surface area contributed by atoms with E-state index in [0.717, 1.165) is 27.4 Å². The molecular weight excluding hydrogens is 318 g/mol. The lowest BCUT2D eigenvalue weighted by Crippen LogP contribution is -2.08. The second-order valence-corrected chi connectivity index (χ2v) is 5.77. The van der Waals surface area contributed by atoms with Crippen molar-refractivity contribution in [2.75, 3.05) is 0 Å². The van der Waals surface area contributed by atoms with Crippen LogP contribution in [-0.2, 0) is 0 Å². The summed E-state index contributed by atoms with van der Waals surface area (Å²) >= 11 is 0. The fourth-order valence-corrected chi connectivity index (χ4v) is 3.19. The summed E-state index contributed by atoms with van der Waals surface area (Å²) in [6.07, 6.45) is 0. The van der Waals surface area contributed by atoms with Gasteiger partial charge in [0.25, 0.3) is 0 Å². The number of H-pyrrole nitrogens is 1. The molecule has 4 rings (SSSR count). The molecule has 1 heterocycles. The van der Waals surface area contributed by atoms with E-state index < -0.39 is 11.9 Å². The van der Waals surface area contributed by atoms with Crippen molar-refractivity contribution in [1.29, 1.82) is 0 Å². The lowest BCUT2D eigenvalue weighted by Gasteiger charge is -2.07. The molecule has 25 heavy (non-hydrogen) atoms. The Morgan fingerprint density at radius 1 is 0.760 bits per heavy atom. The lowest BCUT2D eigenvalue weighted by atomic mass is 9.97. The van der Waals surface area contributed by atoms with E-state index in [0.29, 0.717) is 5.56 Å². The highest BCUT2D eigenvalue weighted by molar-refractivity contribution is 6.12. The number of rotatable bonds is 3. The first-order valence-electron chi connectivity index (χ1n) is 7.66. The van der Waals surface area contributed by atoms with Crippen LogP contribution in [0.4, 0.5) is 0 Å². The standard InChI is InChI=1S/C20H13NO4/c22-19(23)15-9-8-11(10-16(15)20(24)25)12-5-3-6-14-13-4-1-2-7-17(13)21-18(12)14/h1-10,21H,(H,22,23)(H,24,25). The normalized spacial score (nSPS) is 11.0. The van der Waals surface area contributed by atoms with E-state index in [-0.39, 0.29) is 11.1 Å². The highest BCUT2D eigenvalue weighted by Crippen LogP contribution is 2.33. The fourth-order valence-electron chi connectivity index (χ4n) is 3.19. The minimum absolute atomic E-state index is 0.222. The summed E-state index contributed by atoms with van der Waals surface area (Å²) in [7, 11) is 0. The number of aromatic carboxylic acids is 2. The van der Waals surface area contributed by atoms with Crippen LogP contribution in [0.25, 0.3) is 32.9 Å². The van der Waals surface area contributed by atoms with Gasteiger partial charge in [0.2, 0.25) is 0 Å². The second kappa shape index (κ2) is 5.49. The van der Waals surface area contributed by atoms with Crippen molar-refractivity contribution in [2.24, 2.45) is 0 Å². The van der Waals surface area contributed by atoms with Gasteiger partial charge in [0.05, 0.1) is 16.6 Å². The van der Waals surface area contributed by atoms with E-state index >= 15 is 0 Å². The molecule has 1 aromatic heterocycles. The van der Waals surface area contributed by atoms with E-state index in [2.05, 4.69) is 4.98 Å². The average molecular weight is 331 g/mol. The number of aromatic nitrogens is 1. The zero-order valence-electron chi connectivity index (χ0n) is 13.0. The quantitative estimate of drug-likeness (QED) is 0.519. The van der Waals surface area contributed by atoms with E-state index in [1.54, 1.807) is 6.07 Å². The summed E-state index contributed by atoms with van der Waals surface area (Å²) < 4.78 is 0. The minimum Gasteiger partial charge on any atom is -0.478 e. The summed E-state index contributed by atoms with van der Waals surface area (Å²) in [5.74, 6) is -2.52. The molecule has 5 nitrogen and oxygen atoms in total. The smallest absolute Gasteiger partial charge is 0.336 e. The Hall–Kier alpha value is -3.60. The molecule has 0 saturated heterocycles. The van der Waals surface area contributed by atoms with Gasteiger partial charge in [-0.3, -0.25) is 0 Å². The number of carboxylic acids is 2. The van der Waals surface area contributed by atoms with Crippen LogP contribution in [-0.4, -0.2) is 27.1 Å². The number of fused-ring (bicyclic) bond motifs is 3. The third-order valence-corrected chi connectivity index (χ3v) is 4.33. The van der Waals surface area contributed by atoms with Gasteiger partial charge in [0, 0.05) is 21.9 Å². The Bertz CT molecular complexity index is 1160. The molecule has 0 radical (unpaired) electrons. The van der Waals surface area contributed by atoms with Gasteiger partial charge in [-0.2, -0.15) is 0 Å². The van der Waals surface area contributed by atoms with Gasteiger partial charge < -0.3 is 15.2 Å². The van der Waals surface area contributed by atoms with Crippen molar-refractivity contribution in [3.05, 3.63) is 71.8 Å². The molecule has 122 valence electrons. The maximum Gasteiger partial charge on any atom is 0.336 e. The Balaban J connectivity index is 2.00. The predicted octanol–water partition coefficient (Wildman–Crippen LogP) is 4.38. The predicted molar refractivity (Wildman–Crippen MR) is 95.2 cm³/mol. The SMILES string of the molecule is O=C(O)c1ccc(-c2cccc3c2[nH]c2ccccc23)cc1C(=O)O. The third kappa shape index (κ3) is 2.33. The molecule has 0 bridgehead atoms. The van der Waals surface area contributed by atoms with Gasteiger partial charge in [-0.1, -0.05) is 42.5 Å². The molecule has 4 aromatic rings. The molecule has 0 spiro atoms. The Morgan fingerprint density at radius 2 is 1.48 bits per heavy atom. The molecule has 0 atom stereocenters. The number of nitrogens with one attached hydrogen (secondary N) is 1. The molecule has 0 aliphatic rings. The summed E-state index contributed by atoms with van der Waals surface area (Å²) in [4.78, 5) is 26.0. The van der Waals surface area contributed by atoms with Gasteiger partial charge in [0.15, 0.2) is 0 Å². The molecule has 0 saturated carbocycles. The van der Waals surface area contributed by atoms with Crippen LogP contribution in [0.3, 0.4) is 0 Å². The molecular formula is C20H13NO4. The maximum atomic E-state index is 11.4. The van der Waals surface area contributed by atoms with Gasteiger partial charge in [0.1, 0.15) is 0 Å². The highest BCUT2D eigenvalue weighted by Gasteiger charge is 2.18.